The Hall–Kier alpha value is -1.06. The van der Waals surface area contributed by atoms with Gasteiger partial charge in [-0.1, -0.05) is 19.8 Å². The van der Waals surface area contributed by atoms with Crippen molar-refractivity contribution in [2.45, 2.75) is 57.9 Å². The molecule has 0 aromatic carbocycles. The van der Waals surface area contributed by atoms with Crippen molar-refractivity contribution in [1.29, 1.82) is 0 Å². The van der Waals surface area contributed by atoms with Gasteiger partial charge in [-0.25, -0.2) is 0 Å². The van der Waals surface area contributed by atoms with Crippen molar-refractivity contribution in [3.8, 4) is 0 Å². The molecule has 4 unspecified atom stereocenters. The van der Waals surface area contributed by atoms with Gasteiger partial charge in [0.25, 0.3) is 0 Å². The molecule has 2 aliphatic heterocycles. The van der Waals surface area contributed by atoms with Crippen molar-refractivity contribution in [3.05, 3.63) is 0 Å². The third-order valence-corrected chi connectivity index (χ3v) is 5.62. The molecule has 4 heteroatoms. The van der Waals surface area contributed by atoms with E-state index in [9.17, 15) is 9.59 Å². The summed E-state index contributed by atoms with van der Waals surface area (Å²) < 4.78 is 0. The van der Waals surface area contributed by atoms with E-state index in [2.05, 4.69) is 17.1 Å². The Bertz CT molecular complexity index is 396. The van der Waals surface area contributed by atoms with E-state index in [0.717, 1.165) is 25.3 Å². The number of amides is 2. The highest BCUT2D eigenvalue weighted by molar-refractivity contribution is 5.87. The predicted molar refractivity (Wildman–Crippen MR) is 77.0 cm³/mol. The van der Waals surface area contributed by atoms with Gasteiger partial charge in [0.2, 0.25) is 11.8 Å². The Balaban J connectivity index is 1.71. The molecular formula is C16H26N2O2. The summed E-state index contributed by atoms with van der Waals surface area (Å²) in [6, 6.07) is 0.449. The van der Waals surface area contributed by atoms with Gasteiger partial charge in [-0.3, -0.25) is 9.59 Å². The van der Waals surface area contributed by atoms with E-state index in [1.54, 1.807) is 0 Å². The molecule has 0 aromatic rings. The highest BCUT2D eigenvalue weighted by Crippen LogP contribution is 2.39. The Labute approximate surface area is 121 Å². The van der Waals surface area contributed by atoms with Crippen molar-refractivity contribution in [1.82, 2.24) is 10.2 Å². The van der Waals surface area contributed by atoms with Crippen LogP contribution in [0.4, 0.5) is 0 Å². The molecule has 3 rings (SSSR count). The fourth-order valence-corrected chi connectivity index (χ4v) is 4.42. The molecule has 4 atom stereocenters. The lowest BCUT2D eigenvalue weighted by Gasteiger charge is -2.48. The monoisotopic (exact) mass is 278 g/mol. The van der Waals surface area contributed by atoms with Gasteiger partial charge in [-0.2, -0.15) is 0 Å². The predicted octanol–water partition coefficient (Wildman–Crippen LogP) is 1.94. The van der Waals surface area contributed by atoms with Gasteiger partial charge in [0.1, 0.15) is 0 Å². The first-order valence-corrected chi connectivity index (χ1v) is 8.24. The van der Waals surface area contributed by atoms with Crippen LogP contribution in [0.25, 0.3) is 0 Å². The standard InChI is InChI=1S/C16H26N2O2/c1-11-7-9-18(14-5-3-2-4-13(11)14)16(20)12-6-8-17-15(19)10-12/h11-14H,2-10H2,1H3,(H,17,19). The molecule has 0 aromatic heterocycles. The first-order chi connectivity index (χ1) is 9.66. The SMILES string of the molecule is CC1CCN(C(=O)C2CCNC(=O)C2)C2CCCCC12. The minimum atomic E-state index is -0.0697. The number of nitrogens with zero attached hydrogens (tertiary/aromatic N) is 1. The quantitative estimate of drug-likeness (QED) is 0.797. The number of rotatable bonds is 1. The number of nitrogens with one attached hydrogen (secondary N) is 1. The third-order valence-electron chi connectivity index (χ3n) is 5.62. The molecule has 4 nitrogen and oxygen atoms in total. The Morgan fingerprint density at radius 2 is 2.00 bits per heavy atom. The molecule has 3 aliphatic rings. The Morgan fingerprint density at radius 3 is 2.80 bits per heavy atom. The van der Waals surface area contributed by atoms with E-state index in [0.29, 0.717) is 24.9 Å². The van der Waals surface area contributed by atoms with Gasteiger partial charge in [-0.05, 0) is 37.5 Å². The van der Waals surface area contributed by atoms with Gasteiger partial charge >= 0.3 is 0 Å². The molecule has 2 amide bonds. The summed E-state index contributed by atoms with van der Waals surface area (Å²) in [5.74, 6) is 1.67. The fourth-order valence-electron chi connectivity index (χ4n) is 4.42. The zero-order valence-corrected chi connectivity index (χ0v) is 12.4. The van der Waals surface area contributed by atoms with E-state index in [-0.39, 0.29) is 17.7 Å². The summed E-state index contributed by atoms with van der Waals surface area (Å²) in [7, 11) is 0. The normalized spacial score (nSPS) is 38.0. The van der Waals surface area contributed by atoms with Crippen molar-refractivity contribution < 1.29 is 9.59 Å². The zero-order chi connectivity index (χ0) is 14.1. The van der Waals surface area contributed by atoms with E-state index < -0.39 is 0 Å². The smallest absolute Gasteiger partial charge is 0.226 e. The molecule has 1 aliphatic carbocycles. The summed E-state index contributed by atoms with van der Waals surface area (Å²) in [5, 5.41) is 2.82. The van der Waals surface area contributed by atoms with Gasteiger partial charge < -0.3 is 10.2 Å². The van der Waals surface area contributed by atoms with E-state index in [1.807, 2.05) is 0 Å². The molecular weight excluding hydrogens is 252 g/mol. The Morgan fingerprint density at radius 1 is 1.20 bits per heavy atom. The molecule has 1 N–H and O–H groups in total. The van der Waals surface area contributed by atoms with Crippen LogP contribution in [-0.2, 0) is 9.59 Å². The second-order valence-corrected chi connectivity index (χ2v) is 6.85. The van der Waals surface area contributed by atoms with Crippen molar-refractivity contribution >= 4 is 11.8 Å². The van der Waals surface area contributed by atoms with Crippen LogP contribution in [0.1, 0.15) is 51.9 Å². The highest BCUT2D eigenvalue weighted by Gasteiger charge is 2.41. The number of hydrogen-bond acceptors (Lipinski definition) is 2. The molecule has 112 valence electrons. The van der Waals surface area contributed by atoms with Crippen molar-refractivity contribution in [3.63, 3.8) is 0 Å². The van der Waals surface area contributed by atoms with E-state index >= 15 is 0 Å². The van der Waals surface area contributed by atoms with Crippen LogP contribution in [0.2, 0.25) is 0 Å². The highest BCUT2D eigenvalue weighted by atomic mass is 16.2. The maximum Gasteiger partial charge on any atom is 0.226 e. The summed E-state index contributed by atoms with van der Waals surface area (Å²) in [5.41, 5.74) is 0. The summed E-state index contributed by atoms with van der Waals surface area (Å²) in [6.07, 6.45) is 7.35. The first-order valence-electron chi connectivity index (χ1n) is 8.24. The zero-order valence-electron chi connectivity index (χ0n) is 12.4. The van der Waals surface area contributed by atoms with Crippen LogP contribution < -0.4 is 5.32 Å². The summed E-state index contributed by atoms with van der Waals surface area (Å²) >= 11 is 0. The lowest BCUT2D eigenvalue weighted by atomic mass is 9.72. The van der Waals surface area contributed by atoms with Gasteiger partial charge in [0.15, 0.2) is 0 Å². The average Bonchev–Trinajstić information content (AvgIpc) is 2.47. The lowest BCUT2D eigenvalue weighted by molar-refractivity contribution is -0.146. The van der Waals surface area contributed by atoms with Crippen LogP contribution in [0.3, 0.4) is 0 Å². The van der Waals surface area contributed by atoms with E-state index in [1.165, 1.54) is 25.7 Å². The third kappa shape index (κ3) is 2.57. The van der Waals surface area contributed by atoms with Crippen LogP contribution >= 0.6 is 0 Å². The number of piperidine rings is 2. The maximum atomic E-state index is 12.8. The maximum absolute atomic E-state index is 12.8. The average molecular weight is 278 g/mol. The summed E-state index contributed by atoms with van der Waals surface area (Å²) in [4.78, 5) is 26.5. The van der Waals surface area contributed by atoms with Crippen molar-refractivity contribution in [2.75, 3.05) is 13.1 Å². The second kappa shape index (κ2) is 5.74. The molecule has 2 heterocycles. The van der Waals surface area contributed by atoms with Crippen LogP contribution in [0.15, 0.2) is 0 Å². The molecule has 0 spiro atoms. The van der Waals surface area contributed by atoms with Crippen molar-refractivity contribution in [2.24, 2.45) is 17.8 Å². The minimum absolute atomic E-state index is 0.0418. The molecule has 2 saturated heterocycles. The molecule has 0 radical (unpaired) electrons. The number of carbonyl (C=O) groups is 2. The molecule has 1 saturated carbocycles. The van der Waals surface area contributed by atoms with E-state index in [4.69, 9.17) is 0 Å². The van der Waals surface area contributed by atoms with Crippen LogP contribution in [-0.4, -0.2) is 35.8 Å². The number of fused-ring (bicyclic) bond motifs is 1. The number of hydrogen-bond donors (Lipinski definition) is 1. The van der Waals surface area contributed by atoms with Crippen LogP contribution in [0.5, 0.6) is 0 Å². The lowest BCUT2D eigenvalue weighted by Crippen LogP contribution is -2.55. The fraction of sp³-hybridized carbons (Fsp3) is 0.875. The minimum Gasteiger partial charge on any atom is -0.356 e. The number of carbonyl (C=O) groups excluding carboxylic acids is 2. The Kier molecular flexibility index (Phi) is 3.99. The first kappa shape index (κ1) is 13.9. The molecule has 3 fully saturated rings. The largest absolute Gasteiger partial charge is 0.356 e. The van der Waals surface area contributed by atoms with Gasteiger partial charge in [-0.15, -0.1) is 0 Å². The topological polar surface area (TPSA) is 49.4 Å². The van der Waals surface area contributed by atoms with Gasteiger partial charge in [0.05, 0.1) is 0 Å². The number of likely N-dealkylation sites (tertiary alicyclic amines) is 1. The second-order valence-electron chi connectivity index (χ2n) is 6.85. The van der Waals surface area contributed by atoms with Crippen LogP contribution in [0, 0.1) is 17.8 Å². The van der Waals surface area contributed by atoms with Gasteiger partial charge in [0, 0.05) is 31.5 Å². The molecule has 20 heavy (non-hydrogen) atoms. The summed E-state index contributed by atoms with van der Waals surface area (Å²) in [6.45, 7) is 3.91. The molecule has 0 bridgehead atoms.